The number of benzene rings is 1. The molecular formula is C25H35Cl2NO3. The van der Waals surface area contributed by atoms with Crippen molar-refractivity contribution in [3.63, 3.8) is 0 Å². The third-order valence-electron chi connectivity index (χ3n) is 6.49. The van der Waals surface area contributed by atoms with Crippen LogP contribution in [0.4, 0.5) is 0 Å². The molecule has 2 atom stereocenters. The van der Waals surface area contributed by atoms with Crippen LogP contribution in [0.2, 0.25) is 10.0 Å². The van der Waals surface area contributed by atoms with E-state index in [1.165, 1.54) is 5.56 Å². The van der Waals surface area contributed by atoms with Crippen molar-refractivity contribution in [1.82, 2.24) is 4.90 Å². The molecule has 1 aromatic rings. The zero-order valence-corrected chi connectivity index (χ0v) is 20.8. The minimum Gasteiger partial charge on any atom is -0.497 e. The summed E-state index contributed by atoms with van der Waals surface area (Å²) in [6.45, 7) is 6.29. The average Bonchev–Trinajstić information content (AvgIpc) is 2.75. The molecule has 0 saturated carbocycles. The van der Waals surface area contributed by atoms with Gasteiger partial charge < -0.3 is 19.2 Å². The van der Waals surface area contributed by atoms with Crippen LogP contribution in [0.3, 0.4) is 0 Å². The third-order valence-corrected chi connectivity index (χ3v) is 7.23. The van der Waals surface area contributed by atoms with Crippen molar-refractivity contribution < 1.29 is 14.3 Å². The molecule has 6 heteroatoms. The van der Waals surface area contributed by atoms with Gasteiger partial charge >= 0.3 is 0 Å². The Morgan fingerprint density at radius 3 is 2.48 bits per heavy atom. The standard InChI is InChI=1S/C25H35Cl2NO3/c1-18(2)25(20(12-16-29)8-10-23(30-4)24(25)31-5)13-6-14-28(3)15-11-19-7-9-21(26)22(27)17-19/h7-10,16-18,20H,6,11-15H2,1-5H3. The first-order chi connectivity index (χ1) is 14.8. The lowest BCUT2D eigenvalue weighted by Crippen LogP contribution is -2.41. The number of allylic oxidation sites excluding steroid dienone is 3. The van der Waals surface area contributed by atoms with Gasteiger partial charge in [-0.2, -0.15) is 0 Å². The summed E-state index contributed by atoms with van der Waals surface area (Å²) in [5.41, 5.74) is 0.915. The fourth-order valence-corrected chi connectivity index (χ4v) is 5.06. The molecule has 0 radical (unpaired) electrons. The Bertz CT molecular complexity index is 806. The summed E-state index contributed by atoms with van der Waals surface area (Å²) >= 11 is 12.1. The van der Waals surface area contributed by atoms with E-state index in [4.69, 9.17) is 32.7 Å². The van der Waals surface area contributed by atoms with Gasteiger partial charge in [0.05, 0.1) is 24.3 Å². The maximum atomic E-state index is 11.4. The Morgan fingerprint density at radius 2 is 1.90 bits per heavy atom. The fourth-order valence-electron chi connectivity index (χ4n) is 4.74. The molecule has 0 N–H and O–H groups in total. The van der Waals surface area contributed by atoms with E-state index < -0.39 is 0 Å². The second-order valence-electron chi connectivity index (χ2n) is 8.57. The van der Waals surface area contributed by atoms with Crippen molar-refractivity contribution >= 4 is 29.5 Å². The summed E-state index contributed by atoms with van der Waals surface area (Å²) < 4.78 is 11.5. The van der Waals surface area contributed by atoms with Crippen LogP contribution in [0.25, 0.3) is 0 Å². The summed E-state index contributed by atoms with van der Waals surface area (Å²) in [6.07, 6.45) is 8.37. The number of carbonyl (C=O) groups is 1. The van der Waals surface area contributed by atoms with Crippen molar-refractivity contribution in [3.05, 3.63) is 57.5 Å². The molecule has 172 valence electrons. The average molecular weight is 468 g/mol. The normalized spacial score (nSPS) is 21.1. The van der Waals surface area contributed by atoms with Crippen LogP contribution in [-0.4, -0.2) is 45.5 Å². The minimum atomic E-state index is -0.264. The van der Waals surface area contributed by atoms with Gasteiger partial charge in [0.15, 0.2) is 5.76 Å². The number of halogens is 2. The van der Waals surface area contributed by atoms with Gasteiger partial charge in [-0.05, 0) is 68.5 Å². The van der Waals surface area contributed by atoms with Gasteiger partial charge in [0, 0.05) is 18.4 Å². The van der Waals surface area contributed by atoms with E-state index in [9.17, 15) is 4.79 Å². The van der Waals surface area contributed by atoms with E-state index >= 15 is 0 Å². The molecule has 0 heterocycles. The van der Waals surface area contributed by atoms with E-state index in [1.807, 2.05) is 24.3 Å². The molecule has 1 aliphatic rings. The second kappa shape index (κ2) is 11.9. The molecule has 0 saturated heterocycles. The van der Waals surface area contributed by atoms with Crippen LogP contribution >= 0.6 is 23.2 Å². The summed E-state index contributed by atoms with van der Waals surface area (Å²) in [7, 11) is 5.50. The predicted molar refractivity (Wildman–Crippen MR) is 129 cm³/mol. The lowest BCUT2D eigenvalue weighted by atomic mass is 9.60. The number of likely N-dealkylation sites (N-methyl/N-ethyl adjacent to an activating group) is 1. The van der Waals surface area contributed by atoms with Gasteiger partial charge in [-0.3, -0.25) is 0 Å². The summed E-state index contributed by atoms with van der Waals surface area (Å²) in [5, 5.41) is 1.18. The van der Waals surface area contributed by atoms with E-state index in [1.54, 1.807) is 14.2 Å². The molecule has 0 aromatic heterocycles. The number of hydrogen-bond donors (Lipinski definition) is 0. The molecule has 4 nitrogen and oxygen atoms in total. The molecule has 0 spiro atoms. The highest BCUT2D eigenvalue weighted by molar-refractivity contribution is 6.42. The molecule has 2 unspecified atom stereocenters. The Balaban J connectivity index is 2.07. The Labute approximate surface area is 197 Å². The Kier molecular flexibility index (Phi) is 9.92. The van der Waals surface area contributed by atoms with Crippen LogP contribution in [0.1, 0.15) is 38.7 Å². The van der Waals surface area contributed by atoms with Crippen molar-refractivity contribution in [2.75, 3.05) is 34.4 Å². The van der Waals surface area contributed by atoms with E-state index in [2.05, 4.69) is 31.9 Å². The van der Waals surface area contributed by atoms with Gasteiger partial charge in [-0.1, -0.05) is 49.2 Å². The lowest BCUT2D eigenvalue weighted by molar-refractivity contribution is -0.109. The maximum absolute atomic E-state index is 11.4. The van der Waals surface area contributed by atoms with Crippen molar-refractivity contribution in [2.45, 2.75) is 39.5 Å². The quantitative estimate of drug-likeness (QED) is 0.344. The number of carbonyl (C=O) groups excluding carboxylic acids is 1. The van der Waals surface area contributed by atoms with Gasteiger partial charge in [0.1, 0.15) is 12.0 Å². The number of rotatable bonds is 12. The number of hydrogen-bond acceptors (Lipinski definition) is 4. The highest BCUT2D eigenvalue weighted by Crippen LogP contribution is 2.52. The predicted octanol–water partition coefficient (Wildman–Crippen LogP) is 6.17. The first kappa shape index (κ1) is 25.8. The molecule has 1 aromatic carbocycles. The number of nitrogens with zero attached hydrogens (tertiary/aromatic N) is 1. The van der Waals surface area contributed by atoms with Gasteiger partial charge in [-0.15, -0.1) is 0 Å². The zero-order valence-electron chi connectivity index (χ0n) is 19.3. The molecule has 2 rings (SSSR count). The molecule has 0 bridgehead atoms. The van der Waals surface area contributed by atoms with E-state index in [0.29, 0.717) is 22.4 Å². The van der Waals surface area contributed by atoms with Crippen LogP contribution in [0, 0.1) is 17.3 Å². The number of ether oxygens (including phenoxy) is 2. The minimum absolute atomic E-state index is 0.0976. The Morgan fingerprint density at radius 1 is 1.16 bits per heavy atom. The first-order valence-electron chi connectivity index (χ1n) is 10.9. The monoisotopic (exact) mass is 467 g/mol. The van der Waals surface area contributed by atoms with Crippen molar-refractivity contribution in [3.8, 4) is 0 Å². The van der Waals surface area contributed by atoms with Crippen molar-refractivity contribution in [2.24, 2.45) is 17.3 Å². The largest absolute Gasteiger partial charge is 0.497 e. The van der Waals surface area contributed by atoms with E-state index in [-0.39, 0.29) is 11.3 Å². The topological polar surface area (TPSA) is 38.8 Å². The fraction of sp³-hybridized carbons (Fsp3) is 0.560. The summed E-state index contributed by atoms with van der Waals surface area (Å²) in [4.78, 5) is 13.8. The molecule has 1 aliphatic carbocycles. The third kappa shape index (κ3) is 6.06. The zero-order chi connectivity index (χ0) is 23.0. The van der Waals surface area contributed by atoms with E-state index in [0.717, 1.165) is 50.2 Å². The highest BCUT2D eigenvalue weighted by atomic mass is 35.5. The summed E-state index contributed by atoms with van der Waals surface area (Å²) in [5.74, 6) is 2.01. The maximum Gasteiger partial charge on any atom is 0.156 e. The molecular weight excluding hydrogens is 433 g/mol. The number of aldehydes is 1. The smallest absolute Gasteiger partial charge is 0.156 e. The van der Waals surface area contributed by atoms with Crippen LogP contribution in [0.5, 0.6) is 0 Å². The van der Waals surface area contributed by atoms with Gasteiger partial charge in [-0.25, -0.2) is 0 Å². The van der Waals surface area contributed by atoms with Crippen LogP contribution in [0.15, 0.2) is 41.9 Å². The SMILES string of the molecule is COC1=C(OC)C(CCCN(C)CCc2ccc(Cl)c(Cl)c2)(C(C)C)C(CC=O)C=C1. The first-order valence-corrected chi connectivity index (χ1v) is 11.6. The van der Waals surface area contributed by atoms with Gasteiger partial charge in [0.2, 0.25) is 0 Å². The second-order valence-corrected chi connectivity index (χ2v) is 9.38. The molecule has 0 fully saturated rings. The highest BCUT2D eigenvalue weighted by Gasteiger charge is 2.47. The molecule has 31 heavy (non-hydrogen) atoms. The van der Waals surface area contributed by atoms with Crippen LogP contribution < -0.4 is 0 Å². The molecule has 0 amide bonds. The lowest BCUT2D eigenvalue weighted by Gasteiger charge is -2.46. The van der Waals surface area contributed by atoms with Crippen LogP contribution in [-0.2, 0) is 20.7 Å². The van der Waals surface area contributed by atoms with Gasteiger partial charge in [0.25, 0.3) is 0 Å². The summed E-state index contributed by atoms with van der Waals surface area (Å²) in [6, 6.07) is 5.81. The molecule has 0 aliphatic heterocycles. The Hall–Kier alpha value is -1.49. The number of methoxy groups -OCH3 is 2. The van der Waals surface area contributed by atoms with Crippen molar-refractivity contribution in [1.29, 1.82) is 0 Å².